The van der Waals surface area contributed by atoms with Crippen LogP contribution in [0, 0.1) is 0 Å². The Morgan fingerprint density at radius 2 is 2.27 bits per heavy atom. The average molecular weight is 206 g/mol. The Hall–Kier alpha value is -2.17. The fraction of sp³-hybridized carbons (Fsp3) is 0.100. The van der Waals surface area contributed by atoms with Gasteiger partial charge in [0, 0.05) is 19.3 Å². The second kappa shape index (κ2) is 4.90. The molecule has 0 saturated carbocycles. The highest BCUT2D eigenvalue weighted by Crippen LogP contribution is 2.03. The van der Waals surface area contributed by atoms with Gasteiger partial charge in [-0.1, -0.05) is 6.07 Å². The first-order valence-electron chi connectivity index (χ1n) is 4.22. The van der Waals surface area contributed by atoms with E-state index in [0.29, 0.717) is 5.56 Å². The number of carboxylic acid groups (broad SMARTS) is 1. The molecule has 5 nitrogen and oxygen atoms in total. The Balaban J connectivity index is 2.94. The Labute approximate surface area is 86.5 Å². The predicted molar refractivity (Wildman–Crippen MR) is 53.7 cm³/mol. The van der Waals surface area contributed by atoms with Crippen LogP contribution in [-0.4, -0.2) is 22.0 Å². The molecule has 2 N–H and O–H groups in total. The second-order valence-corrected chi connectivity index (χ2v) is 2.83. The molecule has 1 heterocycles. The first-order chi connectivity index (χ1) is 7.09. The summed E-state index contributed by atoms with van der Waals surface area (Å²) in [5.74, 6) is -1.61. The zero-order valence-electron chi connectivity index (χ0n) is 8.10. The summed E-state index contributed by atoms with van der Waals surface area (Å²) in [6.07, 6.45) is 4.43. The number of nitrogens with one attached hydrogen (secondary N) is 1. The van der Waals surface area contributed by atoms with Crippen molar-refractivity contribution in [1.29, 1.82) is 0 Å². The molecule has 1 rings (SSSR count). The van der Waals surface area contributed by atoms with Crippen molar-refractivity contribution in [2.24, 2.45) is 0 Å². The van der Waals surface area contributed by atoms with E-state index in [1.165, 1.54) is 19.2 Å². The molecule has 0 radical (unpaired) electrons. The molecule has 0 atom stereocenters. The van der Waals surface area contributed by atoms with Crippen molar-refractivity contribution in [3.63, 3.8) is 0 Å². The quantitative estimate of drug-likeness (QED) is 0.711. The summed E-state index contributed by atoms with van der Waals surface area (Å²) < 4.78 is 0. The molecule has 0 aliphatic rings. The maximum Gasteiger partial charge on any atom is 0.352 e. The molecule has 1 aromatic heterocycles. The highest BCUT2D eigenvalue weighted by Gasteiger charge is 2.08. The van der Waals surface area contributed by atoms with Gasteiger partial charge in [0.05, 0.1) is 0 Å². The lowest BCUT2D eigenvalue weighted by Gasteiger charge is -2.02. The molecule has 0 aliphatic heterocycles. The van der Waals surface area contributed by atoms with Gasteiger partial charge in [-0.05, 0) is 17.7 Å². The molecule has 0 bridgehead atoms. The van der Waals surface area contributed by atoms with E-state index in [1.807, 2.05) is 0 Å². The topological polar surface area (TPSA) is 79.3 Å². The Kier molecular flexibility index (Phi) is 3.56. The van der Waals surface area contributed by atoms with Crippen LogP contribution in [0.5, 0.6) is 0 Å². The number of hydrogen-bond acceptors (Lipinski definition) is 3. The fourth-order valence-electron chi connectivity index (χ4n) is 0.969. The van der Waals surface area contributed by atoms with Crippen molar-refractivity contribution in [2.45, 2.75) is 6.92 Å². The summed E-state index contributed by atoms with van der Waals surface area (Å²) in [7, 11) is 0. The van der Waals surface area contributed by atoms with Gasteiger partial charge in [-0.2, -0.15) is 0 Å². The normalized spacial score (nSPS) is 10.9. The van der Waals surface area contributed by atoms with Gasteiger partial charge < -0.3 is 10.4 Å². The van der Waals surface area contributed by atoms with E-state index in [2.05, 4.69) is 10.3 Å². The number of amides is 1. The van der Waals surface area contributed by atoms with Crippen LogP contribution in [0.25, 0.3) is 6.08 Å². The first-order valence-corrected chi connectivity index (χ1v) is 4.22. The third-order valence-electron chi connectivity index (χ3n) is 1.54. The summed E-state index contributed by atoms with van der Waals surface area (Å²) in [5.41, 5.74) is 0.444. The van der Waals surface area contributed by atoms with Crippen molar-refractivity contribution >= 4 is 18.0 Å². The molecule has 0 saturated heterocycles. The molecule has 0 unspecified atom stereocenters. The molecule has 1 amide bonds. The fourth-order valence-corrected chi connectivity index (χ4v) is 0.969. The summed E-state index contributed by atoms with van der Waals surface area (Å²) in [4.78, 5) is 25.3. The number of aliphatic carboxylic acids is 1. The van der Waals surface area contributed by atoms with E-state index in [4.69, 9.17) is 5.11 Å². The number of carbonyl (C=O) groups excluding carboxylic acids is 1. The number of aromatic nitrogens is 1. The number of carboxylic acids is 1. The average Bonchev–Trinajstić information content (AvgIpc) is 2.17. The van der Waals surface area contributed by atoms with Crippen LogP contribution in [-0.2, 0) is 9.59 Å². The maximum absolute atomic E-state index is 10.7. The minimum atomic E-state index is -1.19. The van der Waals surface area contributed by atoms with Crippen molar-refractivity contribution in [2.75, 3.05) is 0 Å². The molecule has 0 spiro atoms. The Bertz CT molecular complexity index is 398. The van der Waals surface area contributed by atoms with E-state index in [-0.39, 0.29) is 5.70 Å². The number of nitrogens with zero attached hydrogens (tertiary/aromatic N) is 1. The zero-order valence-corrected chi connectivity index (χ0v) is 8.10. The van der Waals surface area contributed by atoms with E-state index < -0.39 is 11.9 Å². The lowest BCUT2D eigenvalue weighted by molar-refractivity contribution is -0.134. The molecule has 1 aromatic rings. The van der Waals surface area contributed by atoms with Crippen LogP contribution in [0.15, 0.2) is 30.2 Å². The molecule has 0 fully saturated rings. The SMILES string of the molecule is CC(=O)N/C(=C/c1cccnc1)C(=O)O. The number of rotatable bonds is 3. The molecule has 5 heteroatoms. The van der Waals surface area contributed by atoms with Crippen LogP contribution >= 0.6 is 0 Å². The van der Waals surface area contributed by atoms with Crippen LogP contribution < -0.4 is 5.32 Å². The van der Waals surface area contributed by atoms with Crippen LogP contribution in [0.3, 0.4) is 0 Å². The molecular weight excluding hydrogens is 196 g/mol. The molecular formula is C10H10N2O3. The van der Waals surface area contributed by atoms with Gasteiger partial charge in [-0.15, -0.1) is 0 Å². The number of carbonyl (C=O) groups is 2. The molecule has 0 aliphatic carbocycles. The number of hydrogen-bond donors (Lipinski definition) is 2. The summed E-state index contributed by atoms with van der Waals surface area (Å²) in [6.45, 7) is 1.25. The third-order valence-corrected chi connectivity index (χ3v) is 1.54. The largest absolute Gasteiger partial charge is 0.477 e. The highest BCUT2D eigenvalue weighted by molar-refractivity contribution is 5.96. The smallest absolute Gasteiger partial charge is 0.352 e. The van der Waals surface area contributed by atoms with Crippen molar-refractivity contribution in [3.05, 3.63) is 35.8 Å². The summed E-state index contributed by atoms with van der Waals surface area (Å²) in [5, 5.41) is 11.0. The van der Waals surface area contributed by atoms with Gasteiger partial charge in [0.2, 0.25) is 5.91 Å². The molecule has 15 heavy (non-hydrogen) atoms. The van der Waals surface area contributed by atoms with Gasteiger partial charge in [0.1, 0.15) is 5.70 Å². The molecule has 78 valence electrons. The van der Waals surface area contributed by atoms with Gasteiger partial charge in [-0.3, -0.25) is 9.78 Å². The van der Waals surface area contributed by atoms with Gasteiger partial charge in [0.25, 0.3) is 0 Å². The first kappa shape index (κ1) is 10.9. The monoisotopic (exact) mass is 206 g/mol. The van der Waals surface area contributed by atoms with E-state index in [9.17, 15) is 9.59 Å². The lowest BCUT2D eigenvalue weighted by atomic mass is 10.2. The van der Waals surface area contributed by atoms with Gasteiger partial charge in [0.15, 0.2) is 0 Å². The highest BCUT2D eigenvalue weighted by atomic mass is 16.4. The Morgan fingerprint density at radius 1 is 1.53 bits per heavy atom. The summed E-state index contributed by atoms with van der Waals surface area (Å²) >= 11 is 0. The van der Waals surface area contributed by atoms with Crippen LogP contribution in [0.2, 0.25) is 0 Å². The van der Waals surface area contributed by atoms with Crippen LogP contribution in [0.4, 0.5) is 0 Å². The zero-order chi connectivity index (χ0) is 11.3. The Morgan fingerprint density at radius 3 is 2.73 bits per heavy atom. The third kappa shape index (κ3) is 3.60. The van der Waals surface area contributed by atoms with Crippen molar-refractivity contribution < 1.29 is 14.7 Å². The summed E-state index contributed by atoms with van der Waals surface area (Å²) in [6, 6.07) is 3.37. The molecule has 0 aromatic carbocycles. The van der Waals surface area contributed by atoms with Gasteiger partial charge in [-0.25, -0.2) is 4.79 Å². The van der Waals surface area contributed by atoms with Gasteiger partial charge >= 0.3 is 5.97 Å². The standard InChI is InChI=1S/C10H10N2O3/c1-7(13)12-9(10(14)15)5-8-3-2-4-11-6-8/h2-6H,1H3,(H,12,13)(H,14,15)/b9-5+. The predicted octanol–water partition coefficient (Wildman–Crippen LogP) is 0.643. The van der Waals surface area contributed by atoms with Crippen LogP contribution in [0.1, 0.15) is 12.5 Å². The van der Waals surface area contributed by atoms with E-state index >= 15 is 0 Å². The lowest BCUT2D eigenvalue weighted by Crippen LogP contribution is -2.24. The number of pyridine rings is 1. The maximum atomic E-state index is 10.7. The minimum Gasteiger partial charge on any atom is -0.477 e. The second-order valence-electron chi connectivity index (χ2n) is 2.83. The van der Waals surface area contributed by atoms with E-state index in [0.717, 1.165) is 0 Å². The minimum absolute atomic E-state index is 0.171. The van der Waals surface area contributed by atoms with Crippen molar-refractivity contribution in [1.82, 2.24) is 10.3 Å². The van der Waals surface area contributed by atoms with Crippen molar-refractivity contribution in [3.8, 4) is 0 Å². The van der Waals surface area contributed by atoms with E-state index in [1.54, 1.807) is 18.3 Å².